The molecule has 0 atom stereocenters. The highest BCUT2D eigenvalue weighted by Gasteiger charge is 2.16. The predicted molar refractivity (Wildman–Crippen MR) is 64.9 cm³/mol. The summed E-state index contributed by atoms with van der Waals surface area (Å²) in [5.74, 6) is -2.16. The number of nitrogens with two attached hydrogens (primary N) is 1. The number of pyridine rings is 1. The minimum absolute atomic E-state index is 0.0654. The highest BCUT2D eigenvalue weighted by molar-refractivity contribution is 5.67. The molecule has 6 nitrogen and oxygen atoms in total. The SMILES string of the molecule is Nc1ccc([N+](=O)[O-])c(Nc2ccc(F)c(F)c2)n1. The molecular weight excluding hydrogens is 258 g/mol. The Balaban J connectivity index is 2.39. The first-order chi connectivity index (χ1) is 8.97. The van der Waals surface area contributed by atoms with Crippen LogP contribution in [0.15, 0.2) is 30.3 Å². The molecular formula is C11H8F2N4O2. The Bertz CT molecular complexity index is 649. The summed E-state index contributed by atoms with van der Waals surface area (Å²) < 4.78 is 25.8. The van der Waals surface area contributed by atoms with Gasteiger partial charge in [-0.1, -0.05) is 0 Å². The molecule has 0 aliphatic heterocycles. The van der Waals surface area contributed by atoms with Gasteiger partial charge in [0.25, 0.3) is 0 Å². The maximum Gasteiger partial charge on any atom is 0.311 e. The summed E-state index contributed by atoms with van der Waals surface area (Å²) in [6, 6.07) is 5.44. The molecule has 8 heteroatoms. The average Bonchev–Trinajstić information content (AvgIpc) is 2.33. The zero-order chi connectivity index (χ0) is 14.0. The van der Waals surface area contributed by atoms with Crippen molar-refractivity contribution in [1.82, 2.24) is 4.98 Å². The van der Waals surface area contributed by atoms with Crippen molar-refractivity contribution in [1.29, 1.82) is 0 Å². The first kappa shape index (κ1) is 12.7. The number of nitrogens with one attached hydrogen (secondary N) is 1. The smallest absolute Gasteiger partial charge is 0.311 e. The lowest BCUT2D eigenvalue weighted by atomic mass is 10.3. The molecule has 2 rings (SSSR count). The fourth-order valence-corrected chi connectivity index (χ4v) is 1.42. The molecule has 0 bridgehead atoms. The summed E-state index contributed by atoms with van der Waals surface area (Å²) in [6.45, 7) is 0. The maximum atomic E-state index is 13.0. The van der Waals surface area contributed by atoms with E-state index in [2.05, 4.69) is 10.3 Å². The lowest BCUT2D eigenvalue weighted by molar-refractivity contribution is -0.384. The van der Waals surface area contributed by atoms with Crippen LogP contribution in [0, 0.1) is 21.7 Å². The van der Waals surface area contributed by atoms with Crippen LogP contribution in [-0.4, -0.2) is 9.91 Å². The second-order valence-corrected chi connectivity index (χ2v) is 3.61. The van der Waals surface area contributed by atoms with E-state index in [1.807, 2.05) is 0 Å². The van der Waals surface area contributed by atoms with Gasteiger partial charge < -0.3 is 11.1 Å². The average molecular weight is 266 g/mol. The second kappa shape index (κ2) is 4.84. The van der Waals surface area contributed by atoms with Gasteiger partial charge >= 0.3 is 5.69 Å². The Morgan fingerprint density at radius 1 is 1.21 bits per heavy atom. The Labute approximate surface area is 106 Å². The van der Waals surface area contributed by atoms with Crippen LogP contribution in [0.3, 0.4) is 0 Å². The lowest BCUT2D eigenvalue weighted by Gasteiger charge is -2.07. The molecule has 1 aromatic heterocycles. The summed E-state index contributed by atoms with van der Waals surface area (Å²) in [5, 5.41) is 13.3. The van der Waals surface area contributed by atoms with Gasteiger partial charge in [-0.2, -0.15) is 0 Å². The number of nitro groups is 1. The Hall–Kier alpha value is -2.77. The van der Waals surface area contributed by atoms with E-state index >= 15 is 0 Å². The third-order valence-electron chi connectivity index (χ3n) is 2.27. The second-order valence-electron chi connectivity index (χ2n) is 3.61. The van der Waals surface area contributed by atoms with Crippen LogP contribution in [-0.2, 0) is 0 Å². The van der Waals surface area contributed by atoms with Crippen molar-refractivity contribution in [2.75, 3.05) is 11.1 Å². The fraction of sp³-hybridized carbons (Fsp3) is 0. The largest absolute Gasteiger partial charge is 0.384 e. The third kappa shape index (κ3) is 2.73. The number of nitrogens with zero attached hydrogens (tertiary/aromatic N) is 2. The van der Waals surface area contributed by atoms with Gasteiger partial charge in [0, 0.05) is 17.8 Å². The summed E-state index contributed by atoms with van der Waals surface area (Å²) >= 11 is 0. The van der Waals surface area contributed by atoms with Gasteiger partial charge in [-0.25, -0.2) is 13.8 Å². The number of aromatic nitrogens is 1. The van der Waals surface area contributed by atoms with E-state index in [4.69, 9.17) is 5.73 Å². The van der Waals surface area contributed by atoms with Gasteiger partial charge in [0.1, 0.15) is 5.82 Å². The van der Waals surface area contributed by atoms with Crippen LogP contribution in [0.25, 0.3) is 0 Å². The highest BCUT2D eigenvalue weighted by Crippen LogP contribution is 2.26. The molecule has 19 heavy (non-hydrogen) atoms. The van der Waals surface area contributed by atoms with Crippen molar-refractivity contribution in [2.45, 2.75) is 0 Å². The van der Waals surface area contributed by atoms with Crippen molar-refractivity contribution in [2.24, 2.45) is 0 Å². The molecule has 0 aliphatic carbocycles. The van der Waals surface area contributed by atoms with Crippen LogP contribution >= 0.6 is 0 Å². The molecule has 0 aliphatic rings. The molecule has 2 aromatic rings. The van der Waals surface area contributed by atoms with Gasteiger partial charge in [-0.05, 0) is 18.2 Å². The van der Waals surface area contributed by atoms with Crippen molar-refractivity contribution < 1.29 is 13.7 Å². The molecule has 3 N–H and O–H groups in total. The number of rotatable bonds is 3. The molecule has 1 aromatic carbocycles. The van der Waals surface area contributed by atoms with Crippen LogP contribution in [0.2, 0.25) is 0 Å². The highest BCUT2D eigenvalue weighted by atomic mass is 19.2. The van der Waals surface area contributed by atoms with E-state index < -0.39 is 16.6 Å². The Morgan fingerprint density at radius 2 is 1.95 bits per heavy atom. The summed E-state index contributed by atoms with van der Waals surface area (Å²) in [5.41, 5.74) is 5.23. The van der Waals surface area contributed by atoms with Gasteiger partial charge in [0.15, 0.2) is 11.6 Å². The van der Waals surface area contributed by atoms with Crippen LogP contribution in [0.5, 0.6) is 0 Å². The van der Waals surface area contributed by atoms with Crippen molar-refractivity contribution in [3.8, 4) is 0 Å². The zero-order valence-electron chi connectivity index (χ0n) is 9.43. The Kier molecular flexibility index (Phi) is 3.23. The van der Waals surface area contributed by atoms with Crippen molar-refractivity contribution >= 4 is 23.0 Å². The third-order valence-corrected chi connectivity index (χ3v) is 2.27. The number of halogens is 2. The molecule has 0 fully saturated rings. The predicted octanol–water partition coefficient (Wildman–Crippen LogP) is 2.59. The minimum atomic E-state index is -1.07. The molecule has 0 saturated heterocycles. The molecule has 0 amide bonds. The van der Waals surface area contributed by atoms with E-state index in [9.17, 15) is 18.9 Å². The van der Waals surface area contributed by atoms with Crippen LogP contribution < -0.4 is 11.1 Å². The van der Waals surface area contributed by atoms with Gasteiger partial charge in [-0.15, -0.1) is 0 Å². The molecule has 0 unspecified atom stereocenters. The number of nitrogen functional groups attached to an aromatic ring is 1. The van der Waals surface area contributed by atoms with Gasteiger partial charge in [0.05, 0.1) is 4.92 Å². The first-order valence-corrected chi connectivity index (χ1v) is 5.10. The summed E-state index contributed by atoms with van der Waals surface area (Å²) in [6.07, 6.45) is 0. The molecule has 0 saturated carbocycles. The molecule has 0 radical (unpaired) electrons. The van der Waals surface area contributed by atoms with E-state index in [-0.39, 0.29) is 23.0 Å². The standard InChI is InChI=1S/C11H8F2N4O2/c12-7-2-1-6(5-8(7)13)15-11-9(17(18)19)3-4-10(14)16-11/h1-5H,(H3,14,15,16). The van der Waals surface area contributed by atoms with Crippen LogP contribution in [0.4, 0.5) is 31.8 Å². The van der Waals surface area contributed by atoms with E-state index in [1.54, 1.807) is 0 Å². The van der Waals surface area contributed by atoms with Crippen molar-refractivity contribution in [3.63, 3.8) is 0 Å². The van der Waals surface area contributed by atoms with Crippen LogP contribution in [0.1, 0.15) is 0 Å². The van der Waals surface area contributed by atoms with Gasteiger partial charge in [-0.3, -0.25) is 10.1 Å². The molecule has 1 heterocycles. The number of benzene rings is 1. The quantitative estimate of drug-likeness (QED) is 0.657. The van der Waals surface area contributed by atoms with E-state index in [0.717, 1.165) is 12.1 Å². The zero-order valence-corrected chi connectivity index (χ0v) is 9.43. The maximum absolute atomic E-state index is 13.0. The Morgan fingerprint density at radius 3 is 2.58 bits per heavy atom. The fourth-order valence-electron chi connectivity index (χ4n) is 1.42. The number of anilines is 3. The van der Waals surface area contributed by atoms with E-state index in [0.29, 0.717) is 0 Å². The topological polar surface area (TPSA) is 94.1 Å². The lowest BCUT2D eigenvalue weighted by Crippen LogP contribution is -2.02. The number of hydrogen-bond acceptors (Lipinski definition) is 5. The monoisotopic (exact) mass is 266 g/mol. The molecule has 98 valence electrons. The summed E-state index contributed by atoms with van der Waals surface area (Å²) in [7, 11) is 0. The molecule has 0 spiro atoms. The van der Waals surface area contributed by atoms with E-state index in [1.165, 1.54) is 18.2 Å². The normalized spacial score (nSPS) is 10.2. The number of hydrogen-bond donors (Lipinski definition) is 2. The van der Waals surface area contributed by atoms with Gasteiger partial charge in [0.2, 0.25) is 5.82 Å². The summed E-state index contributed by atoms with van der Waals surface area (Å²) in [4.78, 5) is 13.9. The minimum Gasteiger partial charge on any atom is -0.384 e. The van der Waals surface area contributed by atoms with Crippen molar-refractivity contribution in [3.05, 3.63) is 52.1 Å². The first-order valence-electron chi connectivity index (χ1n) is 5.10.